The van der Waals surface area contributed by atoms with Gasteiger partial charge in [-0.3, -0.25) is 4.79 Å². The van der Waals surface area contributed by atoms with E-state index >= 15 is 0 Å². The van der Waals surface area contributed by atoms with Gasteiger partial charge in [0.25, 0.3) is 0 Å². The van der Waals surface area contributed by atoms with Crippen molar-refractivity contribution in [2.75, 3.05) is 0 Å². The van der Waals surface area contributed by atoms with Crippen LogP contribution in [0.2, 0.25) is 5.02 Å². The van der Waals surface area contributed by atoms with Gasteiger partial charge in [0.1, 0.15) is 11.5 Å². The first kappa shape index (κ1) is 13.6. The van der Waals surface area contributed by atoms with E-state index in [1.807, 2.05) is 32.0 Å². The van der Waals surface area contributed by atoms with Gasteiger partial charge in [0, 0.05) is 5.56 Å². The lowest BCUT2D eigenvalue weighted by Gasteiger charge is -2.12. The Labute approximate surface area is 118 Å². The molecule has 2 nitrogen and oxygen atoms in total. The number of ether oxygens (including phenoxy) is 1. The van der Waals surface area contributed by atoms with E-state index in [1.165, 1.54) is 6.92 Å². The topological polar surface area (TPSA) is 26.3 Å². The van der Waals surface area contributed by atoms with Crippen LogP contribution in [0.4, 0.5) is 0 Å². The Kier molecular flexibility index (Phi) is 3.91. The standard InChI is InChI=1S/C16H15ClO2/c1-10-5-4-6-15(11(10)2)19-16-8-7-13(12(3)18)9-14(16)17/h4-9H,1-3H3. The second kappa shape index (κ2) is 5.45. The van der Waals surface area contributed by atoms with Gasteiger partial charge in [0.05, 0.1) is 5.02 Å². The summed E-state index contributed by atoms with van der Waals surface area (Å²) in [5, 5.41) is 0.439. The molecule has 0 fully saturated rings. The smallest absolute Gasteiger partial charge is 0.159 e. The van der Waals surface area contributed by atoms with Gasteiger partial charge in [-0.15, -0.1) is 0 Å². The molecular weight excluding hydrogens is 260 g/mol. The summed E-state index contributed by atoms with van der Waals surface area (Å²) < 4.78 is 5.81. The van der Waals surface area contributed by atoms with Crippen LogP contribution in [0, 0.1) is 13.8 Å². The quantitative estimate of drug-likeness (QED) is 0.740. The maximum absolute atomic E-state index is 11.3. The summed E-state index contributed by atoms with van der Waals surface area (Å²) in [4.78, 5) is 11.3. The summed E-state index contributed by atoms with van der Waals surface area (Å²) in [6.07, 6.45) is 0. The van der Waals surface area contributed by atoms with Crippen molar-refractivity contribution in [1.82, 2.24) is 0 Å². The molecule has 0 aliphatic carbocycles. The summed E-state index contributed by atoms with van der Waals surface area (Å²) in [5.74, 6) is 1.32. The second-order valence-electron chi connectivity index (χ2n) is 4.50. The molecule has 2 aromatic rings. The van der Waals surface area contributed by atoms with Crippen molar-refractivity contribution in [2.45, 2.75) is 20.8 Å². The second-order valence-corrected chi connectivity index (χ2v) is 4.91. The minimum Gasteiger partial charge on any atom is -0.456 e. The molecule has 0 heterocycles. The first-order chi connectivity index (χ1) is 8.99. The number of aryl methyl sites for hydroxylation is 1. The predicted molar refractivity (Wildman–Crippen MR) is 77.4 cm³/mol. The molecule has 0 aliphatic heterocycles. The average molecular weight is 275 g/mol. The van der Waals surface area contributed by atoms with Gasteiger partial charge in [-0.25, -0.2) is 0 Å². The summed E-state index contributed by atoms with van der Waals surface area (Å²) in [6.45, 7) is 5.54. The van der Waals surface area contributed by atoms with Crippen LogP contribution in [-0.2, 0) is 0 Å². The third-order valence-electron chi connectivity index (χ3n) is 3.11. The number of benzene rings is 2. The molecule has 0 saturated carbocycles. The Hall–Kier alpha value is -1.80. The number of Topliss-reactive ketones (excluding diaryl/α,β-unsaturated/α-hetero) is 1. The zero-order valence-corrected chi connectivity index (χ0v) is 11.9. The number of carbonyl (C=O) groups excluding carboxylic acids is 1. The van der Waals surface area contributed by atoms with E-state index in [2.05, 4.69) is 0 Å². The molecule has 3 heteroatoms. The molecule has 19 heavy (non-hydrogen) atoms. The van der Waals surface area contributed by atoms with E-state index in [0.29, 0.717) is 16.3 Å². The highest BCUT2D eigenvalue weighted by atomic mass is 35.5. The summed E-state index contributed by atoms with van der Waals surface area (Å²) >= 11 is 6.14. The number of halogens is 1. The molecule has 0 aliphatic rings. The molecule has 0 spiro atoms. The first-order valence-corrected chi connectivity index (χ1v) is 6.41. The molecule has 0 aromatic heterocycles. The lowest BCUT2D eigenvalue weighted by atomic mass is 10.1. The molecule has 0 bridgehead atoms. The van der Waals surface area contributed by atoms with Crippen molar-refractivity contribution in [3.63, 3.8) is 0 Å². The highest BCUT2D eigenvalue weighted by Crippen LogP contribution is 2.32. The highest BCUT2D eigenvalue weighted by molar-refractivity contribution is 6.32. The monoisotopic (exact) mass is 274 g/mol. The van der Waals surface area contributed by atoms with E-state index < -0.39 is 0 Å². The Bertz CT molecular complexity index is 633. The van der Waals surface area contributed by atoms with Crippen molar-refractivity contribution in [2.24, 2.45) is 0 Å². The fourth-order valence-corrected chi connectivity index (χ4v) is 1.97. The Balaban J connectivity index is 2.34. The van der Waals surface area contributed by atoms with Crippen molar-refractivity contribution in [1.29, 1.82) is 0 Å². The molecule has 0 saturated heterocycles. The molecule has 2 rings (SSSR count). The number of rotatable bonds is 3. The van der Waals surface area contributed by atoms with E-state index in [9.17, 15) is 4.79 Å². The SMILES string of the molecule is CC(=O)c1ccc(Oc2cccc(C)c2C)c(Cl)c1. The molecule has 0 radical (unpaired) electrons. The molecule has 98 valence electrons. The molecule has 0 unspecified atom stereocenters. The normalized spacial score (nSPS) is 10.3. The van der Waals surface area contributed by atoms with Crippen LogP contribution >= 0.6 is 11.6 Å². The average Bonchev–Trinajstić information content (AvgIpc) is 2.37. The lowest BCUT2D eigenvalue weighted by Crippen LogP contribution is -1.94. The molecule has 0 N–H and O–H groups in total. The maximum atomic E-state index is 11.3. The van der Waals surface area contributed by atoms with E-state index in [-0.39, 0.29) is 5.78 Å². The van der Waals surface area contributed by atoms with Gasteiger partial charge >= 0.3 is 0 Å². The van der Waals surface area contributed by atoms with Crippen molar-refractivity contribution in [3.8, 4) is 11.5 Å². The highest BCUT2D eigenvalue weighted by Gasteiger charge is 2.09. The van der Waals surface area contributed by atoms with Crippen molar-refractivity contribution in [3.05, 3.63) is 58.1 Å². The van der Waals surface area contributed by atoms with E-state index in [4.69, 9.17) is 16.3 Å². The van der Waals surface area contributed by atoms with Crippen LogP contribution in [-0.4, -0.2) is 5.78 Å². The van der Waals surface area contributed by atoms with Crippen LogP contribution in [0.15, 0.2) is 36.4 Å². The molecular formula is C16H15ClO2. The minimum absolute atomic E-state index is 0.0137. The van der Waals surface area contributed by atoms with Crippen LogP contribution in [0.25, 0.3) is 0 Å². The Morgan fingerprint density at radius 3 is 2.47 bits per heavy atom. The van der Waals surface area contributed by atoms with Gasteiger partial charge < -0.3 is 4.74 Å². The first-order valence-electron chi connectivity index (χ1n) is 6.03. The summed E-state index contributed by atoms with van der Waals surface area (Å²) in [5.41, 5.74) is 2.82. The fraction of sp³-hybridized carbons (Fsp3) is 0.188. The lowest BCUT2D eigenvalue weighted by molar-refractivity contribution is 0.101. The van der Waals surface area contributed by atoms with Crippen molar-refractivity contribution >= 4 is 17.4 Å². The largest absolute Gasteiger partial charge is 0.456 e. The maximum Gasteiger partial charge on any atom is 0.159 e. The number of hydrogen-bond donors (Lipinski definition) is 0. The number of ketones is 1. The minimum atomic E-state index is -0.0137. The Morgan fingerprint density at radius 1 is 1.11 bits per heavy atom. The van der Waals surface area contributed by atoms with E-state index in [0.717, 1.165) is 16.9 Å². The van der Waals surface area contributed by atoms with Gasteiger partial charge in [0.15, 0.2) is 5.78 Å². The van der Waals surface area contributed by atoms with Crippen LogP contribution in [0.5, 0.6) is 11.5 Å². The molecule has 0 amide bonds. The van der Waals surface area contributed by atoms with Gasteiger partial charge in [-0.2, -0.15) is 0 Å². The van der Waals surface area contributed by atoms with E-state index in [1.54, 1.807) is 18.2 Å². The number of carbonyl (C=O) groups is 1. The van der Waals surface area contributed by atoms with Crippen LogP contribution < -0.4 is 4.74 Å². The molecule has 2 aromatic carbocycles. The fourth-order valence-electron chi connectivity index (χ4n) is 1.76. The third-order valence-corrected chi connectivity index (χ3v) is 3.41. The number of hydrogen-bond acceptors (Lipinski definition) is 2. The van der Waals surface area contributed by atoms with Crippen LogP contribution in [0.1, 0.15) is 28.4 Å². The van der Waals surface area contributed by atoms with Gasteiger partial charge in [-0.1, -0.05) is 23.7 Å². The summed E-state index contributed by atoms with van der Waals surface area (Å²) in [7, 11) is 0. The van der Waals surface area contributed by atoms with Crippen molar-refractivity contribution < 1.29 is 9.53 Å². The Morgan fingerprint density at radius 2 is 1.84 bits per heavy atom. The predicted octanol–water partition coefficient (Wildman–Crippen LogP) is 4.95. The van der Waals surface area contributed by atoms with Crippen LogP contribution in [0.3, 0.4) is 0 Å². The third kappa shape index (κ3) is 2.96. The zero-order chi connectivity index (χ0) is 14.0. The summed E-state index contributed by atoms with van der Waals surface area (Å²) in [6, 6.07) is 10.9. The van der Waals surface area contributed by atoms with Gasteiger partial charge in [0.2, 0.25) is 0 Å². The zero-order valence-electron chi connectivity index (χ0n) is 11.2. The van der Waals surface area contributed by atoms with Gasteiger partial charge in [-0.05, 0) is 56.2 Å². The molecule has 0 atom stereocenters.